The molecule has 3 heterocycles. The molecule has 5 nitrogen and oxygen atoms in total. The van der Waals surface area contributed by atoms with Gasteiger partial charge in [0.1, 0.15) is 0 Å². The van der Waals surface area contributed by atoms with Crippen molar-refractivity contribution in [1.82, 2.24) is 19.3 Å². The lowest BCUT2D eigenvalue weighted by molar-refractivity contribution is 0.364. The first-order valence-electron chi connectivity index (χ1n) is 5.61. The van der Waals surface area contributed by atoms with E-state index < -0.39 is 0 Å². The average molecular weight is 218 g/mol. The smallest absolute Gasteiger partial charge is 0.294 e. The van der Waals surface area contributed by atoms with Crippen molar-refractivity contribution in [3.63, 3.8) is 0 Å². The van der Waals surface area contributed by atoms with Gasteiger partial charge in [-0.1, -0.05) is 0 Å². The Hall–Kier alpha value is -1.62. The lowest BCUT2D eigenvalue weighted by Crippen LogP contribution is -2.36. The van der Waals surface area contributed by atoms with Gasteiger partial charge in [0.05, 0.1) is 0 Å². The SMILES string of the molecule is O=c1c2nccn2ccn1[C@@H]1CCCNC1. The Morgan fingerprint density at radius 3 is 3.12 bits per heavy atom. The second-order valence-electron chi connectivity index (χ2n) is 4.17. The number of hydrogen-bond donors (Lipinski definition) is 1. The minimum Gasteiger partial charge on any atom is -0.315 e. The van der Waals surface area contributed by atoms with Crippen molar-refractivity contribution in [2.24, 2.45) is 0 Å². The van der Waals surface area contributed by atoms with Crippen molar-refractivity contribution in [3.05, 3.63) is 35.1 Å². The van der Waals surface area contributed by atoms with Crippen LogP contribution >= 0.6 is 0 Å². The zero-order valence-electron chi connectivity index (χ0n) is 8.97. The summed E-state index contributed by atoms with van der Waals surface area (Å²) in [6.07, 6.45) is 9.37. The van der Waals surface area contributed by atoms with Gasteiger partial charge in [0.15, 0.2) is 0 Å². The second-order valence-corrected chi connectivity index (χ2v) is 4.17. The van der Waals surface area contributed by atoms with Crippen LogP contribution in [0.4, 0.5) is 0 Å². The molecule has 84 valence electrons. The van der Waals surface area contributed by atoms with E-state index in [9.17, 15) is 4.79 Å². The molecule has 1 atom stereocenters. The van der Waals surface area contributed by atoms with Crippen LogP contribution in [-0.4, -0.2) is 27.0 Å². The highest BCUT2D eigenvalue weighted by atomic mass is 16.1. The molecule has 1 N–H and O–H groups in total. The van der Waals surface area contributed by atoms with E-state index in [2.05, 4.69) is 10.3 Å². The summed E-state index contributed by atoms with van der Waals surface area (Å²) >= 11 is 0. The van der Waals surface area contributed by atoms with E-state index in [-0.39, 0.29) is 11.6 Å². The Morgan fingerprint density at radius 2 is 2.31 bits per heavy atom. The van der Waals surface area contributed by atoms with Gasteiger partial charge in [-0.25, -0.2) is 4.98 Å². The van der Waals surface area contributed by atoms with Crippen LogP contribution in [0.3, 0.4) is 0 Å². The summed E-state index contributed by atoms with van der Waals surface area (Å²) < 4.78 is 3.56. The number of nitrogens with one attached hydrogen (secondary N) is 1. The predicted octanol–water partition coefficient (Wildman–Crippen LogP) is 0.420. The summed E-state index contributed by atoms with van der Waals surface area (Å²) in [6.45, 7) is 1.92. The third-order valence-electron chi connectivity index (χ3n) is 3.15. The van der Waals surface area contributed by atoms with E-state index in [0.29, 0.717) is 5.65 Å². The van der Waals surface area contributed by atoms with Gasteiger partial charge in [-0.05, 0) is 19.4 Å². The predicted molar refractivity (Wildman–Crippen MR) is 60.6 cm³/mol. The molecule has 1 saturated heterocycles. The zero-order chi connectivity index (χ0) is 11.0. The summed E-state index contributed by atoms with van der Waals surface area (Å²) in [6, 6.07) is 0.267. The van der Waals surface area contributed by atoms with E-state index in [1.54, 1.807) is 21.4 Å². The Balaban J connectivity index is 2.09. The summed E-state index contributed by atoms with van der Waals surface area (Å²) in [7, 11) is 0. The van der Waals surface area contributed by atoms with Crippen LogP contribution in [0.1, 0.15) is 18.9 Å². The quantitative estimate of drug-likeness (QED) is 0.754. The van der Waals surface area contributed by atoms with Gasteiger partial charge < -0.3 is 14.3 Å². The molecule has 0 aliphatic carbocycles. The fourth-order valence-corrected chi connectivity index (χ4v) is 2.28. The molecule has 0 amide bonds. The second kappa shape index (κ2) is 3.75. The van der Waals surface area contributed by atoms with Crippen molar-refractivity contribution in [1.29, 1.82) is 0 Å². The Morgan fingerprint density at radius 1 is 1.38 bits per heavy atom. The van der Waals surface area contributed by atoms with Crippen LogP contribution in [-0.2, 0) is 0 Å². The van der Waals surface area contributed by atoms with Gasteiger partial charge in [0.2, 0.25) is 5.65 Å². The van der Waals surface area contributed by atoms with E-state index in [0.717, 1.165) is 25.9 Å². The van der Waals surface area contributed by atoms with Crippen LogP contribution in [0.15, 0.2) is 29.6 Å². The number of hydrogen-bond acceptors (Lipinski definition) is 3. The van der Waals surface area contributed by atoms with Crippen LogP contribution in [0.5, 0.6) is 0 Å². The van der Waals surface area contributed by atoms with Crippen molar-refractivity contribution in [3.8, 4) is 0 Å². The molecule has 0 bridgehead atoms. The maximum absolute atomic E-state index is 12.1. The molecule has 3 rings (SSSR count). The van der Waals surface area contributed by atoms with Crippen molar-refractivity contribution in [2.75, 3.05) is 13.1 Å². The normalized spacial score (nSPS) is 21.4. The summed E-state index contributed by atoms with van der Waals surface area (Å²) in [5.74, 6) is 0. The van der Waals surface area contributed by atoms with Crippen LogP contribution in [0, 0.1) is 0 Å². The monoisotopic (exact) mass is 218 g/mol. The molecule has 0 unspecified atom stereocenters. The first-order chi connectivity index (χ1) is 7.86. The fourth-order valence-electron chi connectivity index (χ4n) is 2.28. The average Bonchev–Trinajstić information content (AvgIpc) is 2.80. The molecule has 0 aromatic carbocycles. The van der Waals surface area contributed by atoms with Crippen molar-refractivity contribution >= 4 is 5.65 Å². The van der Waals surface area contributed by atoms with Crippen molar-refractivity contribution < 1.29 is 0 Å². The third-order valence-corrected chi connectivity index (χ3v) is 3.15. The van der Waals surface area contributed by atoms with Gasteiger partial charge in [-0.15, -0.1) is 0 Å². The maximum Gasteiger partial charge on any atom is 0.294 e. The molecular formula is C11H14N4O. The molecule has 1 aliphatic rings. The number of aromatic nitrogens is 3. The van der Waals surface area contributed by atoms with Crippen LogP contribution in [0.2, 0.25) is 0 Å². The standard InChI is InChI=1S/C11H14N4O/c16-11-10-13-4-5-14(10)6-7-15(11)9-2-1-3-12-8-9/h4-7,9,12H,1-3,8H2/t9-/m1/s1. The van der Waals surface area contributed by atoms with E-state index >= 15 is 0 Å². The van der Waals surface area contributed by atoms with Crippen molar-refractivity contribution in [2.45, 2.75) is 18.9 Å². The zero-order valence-corrected chi connectivity index (χ0v) is 8.97. The van der Waals surface area contributed by atoms with Gasteiger partial charge in [0.25, 0.3) is 5.56 Å². The lowest BCUT2D eigenvalue weighted by Gasteiger charge is -2.24. The first-order valence-corrected chi connectivity index (χ1v) is 5.61. The van der Waals surface area contributed by atoms with E-state index in [1.165, 1.54) is 0 Å². The topological polar surface area (TPSA) is 51.3 Å². The molecule has 2 aromatic heterocycles. The van der Waals surface area contributed by atoms with Gasteiger partial charge >= 0.3 is 0 Å². The van der Waals surface area contributed by atoms with Crippen LogP contribution in [0.25, 0.3) is 5.65 Å². The fraction of sp³-hybridized carbons (Fsp3) is 0.455. The summed E-state index contributed by atoms with van der Waals surface area (Å²) in [5.41, 5.74) is 0.509. The summed E-state index contributed by atoms with van der Waals surface area (Å²) in [5, 5.41) is 3.32. The largest absolute Gasteiger partial charge is 0.315 e. The van der Waals surface area contributed by atoms with Gasteiger partial charge in [-0.2, -0.15) is 0 Å². The highest BCUT2D eigenvalue weighted by molar-refractivity contribution is 5.34. The Bertz CT molecular complexity index is 550. The van der Waals surface area contributed by atoms with Gasteiger partial charge in [0, 0.05) is 37.4 Å². The van der Waals surface area contributed by atoms with Gasteiger partial charge in [-0.3, -0.25) is 4.79 Å². The Kier molecular flexibility index (Phi) is 2.25. The number of piperidine rings is 1. The minimum atomic E-state index is 0.00111. The molecule has 2 aromatic rings. The van der Waals surface area contributed by atoms with E-state index in [1.807, 2.05) is 12.4 Å². The number of nitrogens with zero attached hydrogens (tertiary/aromatic N) is 3. The summed E-state index contributed by atoms with van der Waals surface area (Å²) in [4.78, 5) is 16.2. The van der Waals surface area contributed by atoms with Crippen LogP contribution < -0.4 is 10.9 Å². The molecule has 0 saturated carbocycles. The third kappa shape index (κ3) is 1.44. The lowest BCUT2D eigenvalue weighted by atomic mass is 10.1. The highest BCUT2D eigenvalue weighted by Crippen LogP contribution is 2.14. The molecule has 1 aliphatic heterocycles. The first kappa shape index (κ1) is 9.59. The molecule has 16 heavy (non-hydrogen) atoms. The number of imidazole rings is 1. The number of rotatable bonds is 1. The molecule has 0 radical (unpaired) electrons. The molecule has 5 heteroatoms. The highest BCUT2D eigenvalue weighted by Gasteiger charge is 2.16. The molecule has 1 fully saturated rings. The molecular weight excluding hydrogens is 204 g/mol. The Labute approximate surface area is 92.7 Å². The molecule has 0 spiro atoms. The minimum absolute atomic E-state index is 0.00111. The number of fused-ring (bicyclic) bond motifs is 1. The maximum atomic E-state index is 12.1. The van der Waals surface area contributed by atoms with E-state index in [4.69, 9.17) is 0 Å².